The van der Waals surface area contributed by atoms with E-state index < -0.39 is 15.2 Å². The summed E-state index contributed by atoms with van der Waals surface area (Å²) in [6.45, 7) is 9.51. The molecule has 0 radical (unpaired) electrons. The SMILES string of the molecule is CC(CCC1CCN(C(=O)OC(C)C)CC1)Nc1ccc2c(c1)CC(S(C)(=O)=O)NC2C. The molecule has 32 heavy (non-hydrogen) atoms. The van der Waals surface area contributed by atoms with Gasteiger partial charge in [-0.05, 0) is 82.6 Å². The van der Waals surface area contributed by atoms with Crippen molar-refractivity contribution >= 4 is 21.6 Å². The van der Waals surface area contributed by atoms with E-state index in [1.807, 2.05) is 25.7 Å². The maximum Gasteiger partial charge on any atom is 0.410 e. The molecular weight excluding hydrogens is 426 g/mol. The lowest BCUT2D eigenvalue weighted by atomic mass is 9.91. The van der Waals surface area contributed by atoms with Crippen LogP contribution in [-0.4, -0.2) is 56.3 Å². The number of carbonyl (C=O) groups excluding carboxylic acids is 1. The number of ether oxygens (including phenoxy) is 1. The molecule has 0 aromatic heterocycles. The van der Waals surface area contributed by atoms with Crippen molar-refractivity contribution in [3.8, 4) is 0 Å². The Kier molecular flexibility index (Phi) is 8.09. The van der Waals surface area contributed by atoms with Crippen molar-refractivity contribution < 1.29 is 17.9 Å². The molecule has 3 unspecified atom stereocenters. The fraction of sp³-hybridized carbons (Fsp3) is 0.708. The van der Waals surface area contributed by atoms with E-state index in [1.54, 1.807) is 0 Å². The van der Waals surface area contributed by atoms with Crippen molar-refractivity contribution in [2.24, 2.45) is 5.92 Å². The van der Waals surface area contributed by atoms with Crippen molar-refractivity contribution in [2.45, 2.75) is 83.4 Å². The summed E-state index contributed by atoms with van der Waals surface area (Å²) >= 11 is 0. The van der Waals surface area contributed by atoms with Gasteiger partial charge in [-0.3, -0.25) is 5.32 Å². The van der Waals surface area contributed by atoms with Gasteiger partial charge in [0.2, 0.25) is 0 Å². The van der Waals surface area contributed by atoms with E-state index >= 15 is 0 Å². The molecule has 1 fully saturated rings. The Morgan fingerprint density at radius 1 is 1.25 bits per heavy atom. The van der Waals surface area contributed by atoms with Crippen LogP contribution in [0.5, 0.6) is 0 Å². The standard InChI is InChI=1S/C24H39N3O4S/c1-16(2)31-24(28)27-12-10-19(11-13-27)7-6-17(3)25-21-8-9-22-18(4)26-23(32(5,29)30)15-20(22)14-21/h8-9,14,16-19,23,25-26H,6-7,10-13,15H2,1-5H3. The monoisotopic (exact) mass is 465 g/mol. The number of likely N-dealkylation sites (tertiary alicyclic amines) is 1. The van der Waals surface area contributed by atoms with Crippen molar-refractivity contribution in [1.29, 1.82) is 0 Å². The summed E-state index contributed by atoms with van der Waals surface area (Å²) in [6.07, 6.45) is 5.76. The number of hydrogen-bond donors (Lipinski definition) is 2. The number of amides is 1. The molecule has 1 aromatic rings. The average molecular weight is 466 g/mol. The number of hydrogen-bond acceptors (Lipinski definition) is 6. The normalized spacial score (nSPS) is 23.0. The number of carbonyl (C=O) groups is 1. The molecule has 7 nitrogen and oxygen atoms in total. The summed E-state index contributed by atoms with van der Waals surface area (Å²) in [6, 6.07) is 6.65. The third kappa shape index (κ3) is 6.61. The highest BCUT2D eigenvalue weighted by molar-refractivity contribution is 7.91. The lowest BCUT2D eigenvalue weighted by molar-refractivity contribution is 0.0646. The highest BCUT2D eigenvalue weighted by atomic mass is 32.2. The molecule has 0 aliphatic carbocycles. The summed E-state index contributed by atoms with van der Waals surface area (Å²) in [5.41, 5.74) is 3.32. The van der Waals surface area contributed by atoms with E-state index in [0.29, 0.717) is 18.4 Å². The number of piperidine rings is 1. The minimum atomic E-state index is -3.14. The van der Waals surface area contributed by atoms with Gasteiger partial charge in [0.25, 0.3) is 0 Å². The predicted molar refractivity (Wildman–Crippen MR) is 129 cm³/mol. The zero-order valence-corrected chi connectivity index (χ0v) is 20.9. The second kappa shape index (κ2) is 10.4. The number of anilines is 1. The van der Waals surface area contributed by atoms with E-state index in [4.69, 9.17) is 4.74 Å². The van der Waals surface area contributed by atoms with Gasteiger partial charge in [0.15, 0.2) is 9.84 Å². The molecule has 0 spiro atoms. The summed E-state index contributed by atoms with van der Waals surface area (Å²) in [5.74, 6) is 0.633. The number of fused-ring (bicyclic) bond motifs is 1. The molecule has 2 heterocycles. The topological polar surface area (TPSA) is 87.7 Å². The first-order valence-corrected chi connectivity index (χ1v) is 13.8. The fourth-order valence-electron chi connectivity index (χ4n) is 4.72. The lowest BCUT2D eigenvalue weighted by Crippen LogP contribution is -2.43. The molecule has 0 saturated carbocycles. The Labute approximate surface area is 193 Å². The van der Waals surface area contributed by atoms with Gasteiger partial charge in [0.1, 0.15) is 5.37 Å². The van der Waals surface area contributed by atoms with Crippen LogP contribution in [-0.2, 0) is 21.0 Å². The summed E-state index contributed by atoms with van der Waals surface area (Å²) in [7, 11) is -3.14. The highest BCUT2D eigenvalue weighted by Gasteiger charge is 2.30. The van der Waals surface area contributed by atoms with Crippen molar-refractivity contribution in [1.82, 2.24) is 10.2 Å². The number of nitrogens with zero attached hydrogens (tertiary/aromatic N) is 1. The molecule has 8 heteroatoms. The maximum atomic E-state index is 12.0. The second-order valence-corrected chi connectivity index (χ2v) is 12.0. The molecule has 3 rings (SSSR count). The molecule has 2 aliphatic rings. The highest BCUT2D eigenvalue weighted by Crippen LogP contribution is 2.30. The third-order valence-electron chi connectivity index (χ3n) is 6.60. The van der Waals surface area contributed by atoms with Crippen LogP contribution in [0, 0.1) is 5.92 Å². The number of benzene rings is 1. The lowest BCUT2D eigenvalue weighted by Gasteiger charge is -2.32. The van der Waals surface area contributed by atoms with Gasteiger partial charge in [-0.1, -0.05) is 6.07 Å². The minimum absolute atomic E-state index is 0.0219. The van der Waals surface area contributed by atoms with Crippen LogP contribution in [0.15, 0.2) is 18.2 Å². The Morgan fingerprint density at radius 2 is 1.94 bits per heavy atom. The summed E-state index contributed by atoms with van der Waals surface area (Å²) in [4.78, 5) is 13.9. The van der Waals surface area contributed by atoms with Gasteiger partial charge in [0.05, 0.1) is 6.10 Å². The third-order valence-corrected chi connectivity index (χ3v) is 7.93. The summed E-state index contributed by atoms with van der Waals surface area (Å²) in [5, 5.41) is 6.28. The number of nitrogens with one attached hydrogen (secondary N) is 2. The van der Waals surface area contributed by atoms with Crippen molar-refractivity contribution in [2.75, 3.05) is 24.7 Å². The van der Waals surface area contributed by atoms with Crippen LogP contribution < -0.4 is 10.6 Å². The van der Waals surface area contributed by atoms with E-state index in [0.717, 1.165) is 50.0 Å². The zero-order valence-electron chi connectivity index (χ0n) is 20.1. The molecule has 2 N–H and O–H groups in total. The minimum Gasteiger partial charge on any atom is -0.447 e. The second-order valence-electron chi connectivity index (χ2n) is 9.81. The van der Waals surface area contributed by atoms with Gasteiger partial charge < -0.3 is 15.0 Å². The Hall–Kier alpha value is -1.80. The molecule has 2 aliphatic heterocycles. The smallest absolute Gasteiger partial charge is 0.410 e. The maximum absolute atomic E-state index is 12.0. The number of sulfone groups is 1. The van der Waals surface area contributed by atoms with E-state index in [2.05, 4.69) is 35.8 Å². The molecule has 1 amide bonds. The van der Waals surface area contributed by atoms with Crippen LogP contribution >= 0.6 is 0 Å². The summed E-state index contributed by atoms with van der Waals surface area (Å²) < 4.78 is 29.4. The Morgan fingerprint density at radius 3 is 2.56 bits per heavy atom. The van der Waals surface area contributed by atoms with Gasteiger partial charge in [-0.25, -0.2) is 13.2 Å². The largest absolute Gasteiger partial charge is 0.447 e. The first-order chi connectivity index (χ1) is 15.0. The van der Waals surface area contributed by atoms with E-state index in [1.165, 1.54) is 11.8 Å². The quantitative estimate of drug-likeness (QED) is 0.630. The van der Waals surface area contributed by atoms with E-state index in [9.17, 15) is 13.2 Å². The van der Waals surface area contributed by atoms with Crippen molar-refractivity contribution in [3.63, 3.8) is 0 Å². The van der Waals surface area contributed by atoms with Crippen LogP contribution in [0.4, 0.5) is 10.5 Å². The predicted octanol–water partition coefficient (Wildman–Crippen LogP) is 4.10. The van der Waals surface area contributed by atoms with Crippen molar-refractivity contribution in [3.05, 3.63) is 29.3 Å². The molecule has 3 atom stereocenters. The molecule has 1 aromatic carbocycles. The van der Waals surface area contributed by atoms with Crippen LogP contribution in [0.3, 0.4) is 0 Å². The molecule has 0 bridgehead atoms. The molecular formula is C24H39N3O4S. The molecule has 180 valence electrons. The van der Waals surface area contributed by atoms with Gasteiger partial charge in [0, 0.05) is 43.5 Å². The van der Waals surface area contributed by atoms with Crippen LogP contribution in [0.1, 0.15) is 70.5 Å². The van der Waals surface area contributed by atoms with E-state index in [-0.39, 0.29) is 18.2 Å². The van der Waals surface area contributed by atoms with Crippen LogP contribution in [0.2, 0.25) is 0 Å². The first kappa shape index (κ1) is 24.8. The molecule has 1 saturated heterocycles. The average Bonchev–Trinajstić information content (AvgIpc) is 2.71. The first-order valence-electron chi connectivity index (χ1n) is 11.8. The van der Waals surface area contributed by atoms with Gasteiger partial charge in [-0.15, -0.1) is 0 Å². The van der Waals surface area contributed by atoms with Gasteiger partial charge in [-0.2, -0.15) is 0 Å². The zero-order chi connectivity index (χ0) is 23.5. The van der Waals surface area contributed by atoms with Crippen LogP contribution in [0.25, 0.3) is 0 Å². The number of rotatable bonds is 7. The Bertz CT molecular complexity index is 895. The van der Waals surface area contributed by atoms with Gasteiger partial charge >= 0.3 is 6.09 Å². The Balaban J connectivity index is 1.48. The fourth-order valence-corrected chi connectivity index (χ4v) is 5.65.